The van der Waals surface area contributed by atoms with Crippen LogP contribution < -0.4 is 0 Å². The fraction of sp³-hybridized carbons (Fsp3) is 0.583. The molecule has 1 aromatic rings. The molecule has 1 aliphatic rings. The largest absolute Gasteiger partial charge is 0.457 e. The van der Waals surface area contributed by atoms with Gasteiger partial charge >= 0.3 is 5.97 Å². The third-order valence-corrected chi connectivity index (χ3v) is 5.88. The summed E-state index contributed by atoms with van der Waals surface area (Å²) in [4.78, 5) is 13.6. The summed E-state index contributed by atoms with van der Waals surface area (Å²) in [6, 6.07) is 1.84. The second-order valence-electron chi connectivity index (χ2n) is 4.48. The van der Waals surface area contributed by atoms with Gasteiger partial charge in [-0.25, -0.2) is 13.2 Å². The van der Waals surface area contributed by atoms with Crippen molar-refractivity contribution in [3.63, 3.8) is 0 Å². The van der Waals surface area contributed by atoms with Crippen LogP contribution in [-0.2, 0) is 21.0 Å². The van der Waals surface area contributed by atoms with E-state index in [1.165, 1.54) is 11.3 Å². The molecule has 0 bridgehead atoms. The molecule has 0 amide bonds. The van der Waals surface area contributed by atoms with Gasteiger partial charge in [0.15, 0.2) is 9.84 Å². The number of thiophene rings is 1. The molecule has 6 heteroatoms. The van der Waals surface area contributed by atoms with Crippen molar-refractivity contribution in [3.8, 4) is 0 Å². The van der Waals surface area contributed by atoms with E-state index in [9.17, 15) is 13.2 Å². The fourth-order valence-corrected chi connectivity index (χ4v) is 4.62. The van der Waals surface area contributed by atoms with Crippen molar-refractivity contribution >= 4 is 27.1 Å². The predicted octanol–water partition coefficient (Wildman–Crippen LogP) is 1.96. The topological polar surface area (TPSA) is 60.4 Å². The Bertz CT molecular complexity index is 557. The van der Waals surface area contributed by atoms with Gasteiger partial charge < -0.3 is 4.74 Å². The molecule has 1 fully saturated rings. The molecule has 1 atom stereocenters. The van der Waals surface area contributed by atoms with Crippen molar-refractivity contribution in [1.29, 1.82) is 0 Å². The van der Waals surface area contributed by atoms with Crippen molar-refractivity contribution in [1.82, 2.24) is 0 Å². The number of hydrogen-bond acceptors (Lipinski definition) is 5. The van der Waals surface area contributed by atoms with Crippen molar-refractivity contribution in [2.75, 3.05) is 11.5 Å². The fourth-order valence-electron chi connectivity index (χ4n) is 2.03. The molecule has 1 aliphatic heterocycles. The van der Waals surface area contributed by atoms with Crippen LogP contribution in [0.2, 0.25) is 0 Å². The van der Waals surface area contributed by atoms with Crippen LogP contribution in [0.25, 0.3) is 0 Å². The molecule has 100 valence electrons. The van der Waals surface area contributed by atoms with Gasteiger partial charge in [0.2, 0.25) is 0 Å². The molecule has 18 heavy (non-hydrogen) atoms. The zero-order valence-electron chi connectivity index (χ0n) is 10.4. The number of rotatable bonds is 3. The van der Waals surface area contributed by atoms with Gasteiger partial charge in [-0.1, -0.05) is 6.92 Å². The summed E-state index contributed by atoms with van der Waals surface area (Å²) < 4.78 is 27.8. The Morgan fingerprint density at radius 2 is 2.28 bits per heavy atom. The van der Waals surface area contributed by atoms with Crippen molar-refractivity contribution in [2.45, 2.75) is 32.8 Å². The van der Waals surface area contributed by atoms with E-state index in [1.54, 1.807) is 0 Å². The Morgan fingerprint density at radius 3 is 2.78 bits per heavy atom. The Morgan fingerprint density at radius 1 is 1.56 bits per heavy atom. The summed E-state index contributed by atoms with van der Waals surface area (Å²) >= 11 is 1.41. The number of sulfone groups is 1. The van der Waals surface area contributed by atoms with E-state index in [0.717, 1.165) is 16.9 Å². The molecular weight excluding hydrogens is 272 g/mol. The van der Waals surface area contributed by atoms with Crippen LogP contribution in [0, 0.1) is 6.92 Å². The monoisotopic (exact) mass is 288 g/mol. The lowest BCUT2D eigenvalue weighted by molar-refractivity contribution is 0.0362. The standard InChI is InChI=1S/C12H16O4S2/c1-3-9-6-11(17-8(9)2)12(13)16-10-4-5-18(14,15)7-10/h6,10H,3-5,7H2,1-2H3/t10-/m0/s1. The SMILES string of the molecule is CCc1cc(C(=O)O[C@H]2CCS(=O)(=O)C2)sc1C. The zero-order chi connectivity index (χ0) is 13.3. The Hall–Kier alpha value is -0.880. The summed E-state index contributed by atoms with van der Waals surface area (Å²) in [7, 11) is -3.00. The molecule has 0 unspecified atom stereocenters. The van der Waals surface area contributed by atoms with E-state index in [-0.39, 0.29) is 11.5 Å². The quantitative estimate of drug-likeness (QED) is 0.798. The minimum Gasteiger partial charge on any atom is -0.457 e. The molecule has 4 nitrogen and oxygen atoms in total. The van der Waals surface area contributed by atoms with E-state index < -0.39 is 21.9 Å². The number of aryl methyl sites for hydroxylation is 2. The van der Waals surface area contributed by atoms with Crippen LogP contribution in [0.1, 0.15) is 33.5 Å². The maximum absolute atomic E-state index is 11.9. The highest BCUT2D eigenvalue weighted by atomic mass is 32.2. The summed E-state index contributed by atoms with van der Waals surface area (Å²) in [6.07, 6.45) is 0.821. The van der Waals surface area contributed by atoms with Crippen molar-refractivity contribution in [3.05, 3.63) is 21.4 Å². The van der Waals surface area contributed by atoms with Crippen LogP contribution >= 0.6 is 11.3 Å². The molecule has 0 aromatic carbocycles. The molecular formula is C12H16O4S2. The lowest BCUT2D eigenvalue weighted by Crippen LogP contribution is -2.18. The minimum absolute atomic E-state index is 0.0380. The predicted molar refractivity (Wildman–Crippen MR) is 70.9 cm³/mol. The average molecular weight is 288 g/mol. The number of carbonyl (C=O) groups excluding carboxylic acids is 1. The van der Waals surface area contributed by atoms with Gasteiger partial charge in [0.25, 0.3) is 0 Å². The Balaban J connectivity index is 2.04. The summed E-state index contributed by atoms with van der Waals surface area (Å²) in [5.74, 6) is -0.317. The van der Waals surface area contributed by atoms with E-state index in [4.69, 9.17) is 4.74 Å². The van der Waals surface area contributed by atoms with E-state index >= 15 is 0 Å². The van der Waals surface area contributed by atoms with Crippen LogP contribution in [0.3, 0.4) is 0 Å². The number of ether oxygens (including phenoxy) is 1. The van der Waals surface area contributed by atoms with E-state index in [2.05, 4.69) is 0 Å². The Labute approximate surface area is 111 Å². The lowest BCUT2D eigenvalue weighted by atomic mass is 10.2. The summed E-state index contributed by atoms with van der Waals surface area (Å²) in [5.41, 5.74) is 1.14. The minimum atomic E-state index is -3.00. The smallest absolute Gasteiger partial charge is 0.348 e. The van der Waals surface area contributed by atoms with E-state index in [1.807, 2.05) is 19.9 Å². The van der Waals surface area contributed by atoms with Crippen molar-refractivity contribution in [2.24, 2.45) is 0 Å². The molecule has 2 rings (SSSR count). The molecule has 2 heterocycles. The summed E-state index contributed by atoms with van der Waals surface area (Å²) in [6.45, 7) is 4.01. The van der Waals surface area contributed by atoms with Gasteiger partial charge in [0.05, 0.1) is 11.5 Å². The van der Waals surface area contributed by atoms with E-state index in [0.29, 0.717) is 11.3 Å². The lowest BCUT2D eigenvalue weighted by Gasteiger charge is -2.08. The molecule has 0 radical (unpaired) electrons. The van der Waals surface area contributed by atoms with Crippen molar-refractivity contribution < 1.29 is 17.9 Å². The third kappa shape index (κ3) is 2.92. The first kappa shape index (κ1) is 13.5. The first-order chi connectivity index (χ1) is 8.41. The number of carbonyl (C=O) groups is 1. The first-order valence-electron chi connectivity index (χ1n) is 5.92. The second-order valence-corrected chi connectivity index (χ2v) is 7.96. The van der Waals surface area contributed by atoms with Crippen LogP contribution in [0.15, 0.2) is 6.07 Å². The van der Waals surface area contributed by atoms with Crippen LogP contribution in [-0.4, -0.2) is 32.0 Å². The molecule has 0 saturated carbocycles. The second kappa shape index (κ2) is 5.01. The maximum Gasteiger partial charge on any atom is 0.348 e. The molecule has 0 spiro atoms. The maximum atomic E-state index is 11.9. The van der Waals surface area contributed by atoms with Crippen LogP contribution in [0.5, 0.6) is 0 Å². The van der Waals surface area contributed by atoms with Gasteiger partial charge in [-0.15, -0.1) is 11.3 Å². The third-order valence-electron chi connectivity index (χ3n) is 3.07. The van der Waals surface area contributed by atoms with Crippen LogP contribution in [0.4, 0.5) is 0 Å². The highest BCUT2D eigenvalue weighted by Gasteiger charge is 2.31. The van der Waals surface area contributed by atoms with Gasteiger partial charge in [0, 0.05) is 4.88 Å². The highest BCUT2D eigenvalue weighted by Crippen LogP contribution is 2.24. The normalized spacial score (nSPS) is 22.0. The average Bonchev–Trinajstić information content (AvgIpc) is 2.81. The molecule has 0 N–H and O–H groups in total. The van der Waals surface area contributed by atoms with Gasteiger partial charge in [0.1, 0.15) is 11.0 Å². The zero-order valence-corrected chi connectivity index (χ0v) is 12.1. The number of esters is 1. The van der Waals surface area contributed by atoms with Gasteiger partial charge in [-0.05, 0) is 31.4 Å². The van der Waals surface area contributed by atoms with Gasteiger partial charge in [-0.3, -0.25) is 0 Å². The molecule has 1 aromatic heterocycles. The van der Waals surface area contributed by atoms with Gasteiger partial charge in [-0.2, -0.15) is 0 Å². The number of hydrogen-bond donors (Lipinski definition) is 0. The Kier molecular flexibility index (Phi) is 3.77. The summed E-state index contributed by atoms with van der Waals surface area (Å²) in [5, 5.41) is 0. The molecule has 1 saturated heterocycles. The first-order valence-corrected chi connectivity index (χ1v) is 8.56. The molecule has 0 aliphatic carbocycles. The highest BCUT2D eigenvalue weighted by molar-refractivity contribution is 7.91.